The van der Waals surface area contributed by atoms with Crippen molar-refractivity contribution in [2.75, 3.05) is 36.4 Å². The van der Waals surface area contributed by atoms with Gasteiger partial charge in [-0.15, -0.1) is 0 Å². The fourth-order valence-corrected chi connectivity index (χ4v) is 7.40. The van der Waals surface area contributed by atoms with E-state index in [9.17, 15) is 17.6 Å². The van der Waals surface area contributed by atoms with Crippen LogP contribution in [0.1, 0.15) is 25.5 Å². The number of nitrogens with zero attached hydrogens (tertiary/aromatic N) is 4. The SMILES string of the molecule is CC1(C)C(n2c(=O)ccc3cnc(Nc4ccc(N5CCNCC5)c(F)c4)nc32)Cc2ccccc2S1(=O)=O. The highest BCUT2D eigenvalue weighted by Gasteiger charge is 2.49. The molecule has 1 fully saturated rings. The molecule has 2 aliphatic rings. The molecule has 0 spiro atoms. The molecule has 2 N–H and O–H groups in total. The first-order chi connectivity index (χ1) is 18.7. The molecule has 202 valence electrons. The number of nitrogens with one attached hydrogen (secondary N) is 2. The minimum atomic E-state index is -3.75. The topological polar surface area (TPSA) is 109 Å². The zero-order valence-corrected chi connectivity index (χ0v) is 22.5. The average Bonchev–Trinajstić information content (AvgIpc) is 2.92. The highest BCUT2D eigenvalue weighted by Crippen LogP contribution is 2.43. The van der Waals surface area contributed by atoms with E-state index in [4.69, 9.17) is 0 Å². The van der Waals surface area contributed by atoms with Crippen molar-refractivity contribution in [3.63, 3.8) is 0 Å². The van der Waals surface area contributed by atoms with Crippen LogP contribution in [0.3, 0.4) is 0 Å². The molecule has 0 radical (unpaired) electrons. The van der Waals surface area contributed by atoms with Crippen molar-refractivity contribution in [3.05, 3.63) is 82.5 Å². The maximum absolute atomic E-state index is 15.0. The van der Waals surface area contributed by atoms with Crippen molar-refractivity contribution in [3.8, 4) is 0 Å². The van der Waals surface area contributed by atoms with Crippen LogP contribution in [0.4, 0.5) is 21.7 Å². The second-order valence-corrected chi connectivity index (χ2v) is 13.0. The highest BCUT2D eigenvalue weighted by molar-refractivity contribution is 7.93. The number of anilines is 3. The predicted octanol–water partition coefficient (Wildman–Crippen LogP) is 3.43. The van der Waals surface area contributed by atoms with Crippen LogP contribution in [0.5, 0.6) is 0 Å². The smallest absolute Gasteiger partial charge is 0.252 e. The first-order valence-electron chi connectivity index (χ1n) is 12.9. The largest absolute Gasteiger partial charge is 0.367 e. The number of piperazine rings is 1. The van der Waals surface area contributed by atoms with Crippen LogP contribution < -0.4 is 21.1 Å². The Balaban J connectivity index is 1.40. The Kier molecular flexibility index (Phi) is 6.15. The van der Waals surface area contributed by atoms with Crippen LogP contribution in [0, 0.1) is 5.82 Å². The molecule has 4 aromatic rings. The lowest BCUT2D eigenvalue weighted by molar-refractivity contribution is 0.370. The summed E-state index contributed by atoms with van der Waals surface area (Å²) in [5.74, 6) is -0.180. The summed E-state index contributed by atoms with van der Waals surface area (Å²) in [6.45, 7) is 6.36. The third kappa shape index (κ3) is 4.25. The molecule has 6 rings (SSSR count). The summed E-state index contributed by atoms with van der Waals surface area (Å²) in [5.41, 5.74) is 1.62. The lowest BCUT2D eigenvalue weighted by Crippen LogP contribution is -2.48. The number of fused-ring (bicyclic) bond motifs is 2. The molecular formula is C28H29FN6O3S. The van der Waals surface area contributed by atoms with Gasteiger partial charge >= 0.3 is 0 Å². The summed E-state index contributed by atoms with van der Waals surface area (Å²) in [5, 5.41) is 6.89. The van der Waals surface area contributed by atoms with Crippen LogP contribution in [-0.2, 0) is 16.3 Å². The minimum absolute atomic E-state index is 0.174. The Morgan fingerprint density at radius 3 is 2.62 bits per heavy atom. The maximum atomic E-state index is 15.0. The Bertz CT molecular complexity index is 1750. The molecule has 2 aromatic carbocycles. The van der Waals surface area contributed by atoms with Gasteiger partial charge < -0.3 is 15.5 Å². The van der Waals surface area contributed by atoms with Crippen molar-refractivity contribution in [1.29, 1.82) is 0 Å². The van der Waals surface area contributed by atoms with E-state index in [0.29, 0.717) is 39.3 Å². The number of benzene rings is 2. The lowest BCUT2D eigenvalue weighted by Gasteiger charge is -2.40. The lowest BCUT2D eigenvalue weighted by atomic mass is 9.94. The number of hydrogen-bond acceptors (Lipinski definition) is 8. The highest BCUT2D eigenvalue weighted by atomic mass is 32.2. The second kappa shape index (κ2) is 9.42. The molecule has 1 saturated heterocycles. The van der Waals surface area contributed by atoms with Crippen molar-refractivity contribution >= 4 is 38.2 Å². The number of pyridine rings is 1. The van der Waals surface area contributed by atoms with Crippen LogP contribution in [0.25, 0.3) is 11.0 Å². The van der Waals surface area contributed by atoms with Crippen LogP contribution in [0.15, 0.2) is 70.5 Å². The van der Waals surface area contributed by atoms with E-state index < -0.39 is 20.6 Å². The molecule has 0 amide bonds. The van der Waals surface area contributed by atoms with Gasteiger partial charge in [-0.1, -0.05) is 18.2 Å². The molecule has 1 atom stereocenters. The molecule has 11 heteroatoms. The molecule has 4 heterocycles. The summed E-state index contributed by atoms with van der Waals surface area (Å²) in [4.78, 5) is 24.6. The summed E-state index contributed by atoms with van der Waals surface area (Å²) in [6.07, 6.45) is 1.93. The van der Waals surface area contributed by atoms with E-state index in [2.05, 4.69) is 20.6 Å². The van der Waals surface area contributed by atoms with E-state index in [0.717, 1.165) is 26.2 Å². The van der Waals surface area contributed by atoms with Crippen molar-refractivity contribution in [2.24, 2.45) is 0 Å². The molecular weight excluding hydrogens is 519 g/mol. The fourth-order valence-electron chi connectivity index (χ4n) is 5.53. The first-order valence-corrected chi connectivity index (χ1v) is 14.4. The normalized spacial score (nSPS) is 20.0. The number of aromatic nitrogens is 3. The summed E-state index contributed by atoms with van der Waals surface area (Å²) in [6, 6.07) is 14.1. The fraction of sp³-hybridized carbons (Fsp3) is 0.321. The van der Waals surface area contributed by atoms with Gasteiger partial charge in [0.2, 0.25) is 5.95 Å². The maximum Gasteiger partial charge on any atom is 0.252 e. The summed E-state index contributed by atoms with van der Waals surface area (Å²) < 4.78 is 42.4. The molecule has 2 aliphatic heterocycles. The van der Waals surface area contributed by atoms with E-state index in [1.54, 1.807) is 62.5 Å². The zero-order valence-electron chi connectivity index (χ0n) is 21.7. The summed E-state index contributed by atoms with van der Waals surface area (Å²) >= 11 is 0. The number of sulfone groups is 1. The number of halogens is 1. The van der Waals surface area contributed by atoms with Gasteiger partial charge in [0.1, 0.15) is 11.5 Å². The van der Waals surface area contributed by atoms with Crippen molar-refractivity contribution < 1.29 is 12.8 Å². The Morgan fingerprint density at radius 2 is 1.85 bits per heavy atom. The molecule has 0 saturated carbocycles. The average molecular weight is 549 g/mol. The van der Waals surface area contributed by atoms with Gasteiger partial charge in [-0.3, -0.25) is 9.36 Å². The second-order valence-electron chi connectivity index (χ2n) is 10.5. The van der Waals surface area contributed by atoms with E-state index in [-0.39, 0.29) is 17.3 Å². The third-order valence-corrected chi connectivity index (χ3v) is 10.4. The van der Waals surface area contributed by atoms with Gasteiger partial charge in [0.15, 0.2) is 9.84 Å². The molecule has 9 nitrogen and oxygen atoms in total. The van der Waals surface area contributed by atoms with Gasteiger partial charge in [0, 0.05) is 49.5 Å². The molecule has 0 bridgehead atoms. The van der Waals surface area contributed by atoms with Crippen LogP contribution >= 0.6 is 0 Å². The van der Waals surface area contributed by atoms with Gasteiger partial charge in [0.05, 0.1) is 21.4 Å². The molecule has 39 heavy (non-hydrogen) atoms. The van der Waals surface area contributed by atoms with Crippen LogP contribution in [-0.4, -0.2) is 53.9 Å². The van der Waals surface area contributed by atoms with E-state index in [1.165, 1.54) is 16.7 Å². The third-order valence-electron chi connectivity index (χ3n) is 7.81. The first kappa shape index (κ1) is 25.4. The number of rotatable bonds is 4. The van der Waals surface area contributed by atoms with Crippen LogP contribution in [0.2, 0.25) is 0 Å². The van der Waals surface area contributed by atoms with Gasteiger partial charge in [-0.2, -0.15) is 4.98 Å². The van der Waals surface area contributed by atoms with E-state index >= 15 is 0 Å². The molecule has 0 aliphatic carbocycles. The Morgan fingerprint density at radius 1 is 1.08 bits per heavy atom. The Labute approximate surface area is 225 Å². The van der Waals surface area contributed by atoms with Crippen molar-refractivity contribution in [2.45, 2.75) is 36.0 Å². The molecule has 1 unspecified atom stereocenters. The number of hydrogen-bond donors (Lipinski definition) is 2. The summed E-state index contributed by atoms with van der Waals surface area (Å²) in [7, 11) is -3.75. The van der Waals surface area contributed by atoms with Crippen molar-refractivity contribution in [1.82, 2.24) is 19.9 Å². The monoisotopic (exact) mass is 548 g/mol. The zero-order chi connectivity index (χ0) is 27.4. The standard InChI is InChI=1S/C28H29FN6O3S/c1-28(2)24(15-18-5-3-4-6-23(18)39(28,37)38)35-25(36)10-7-19-17-31-27(33-26(19)35)32-20-8-9-22(21(29)16-20)34-13-11-30-12-14-34/h3-10,16-17,24,30H,11-15H2,1-2H3,(H,31,32,33). The molecule has 2 aromatic heterocycles. The minimum Gasteiger partial charge on any atom is -0.367 e. The quantitative estimate of drug-likeness (QED) is 0.399. The van der Waals surface area contributed by atoms with Gasteiger partial charge in [-0.25, -0.2) is 17.8 Å². The van der Waals surface area contributed by atoms with E-state index in [1.807, 2.05) is 4.90 Å². The van der Waals surface area contributed by atoms with Gasteiger partial charge in [0.25, 0.3) is 5.56 Å². The predicted molar refractivity (Wildman–Crippen MR) is 149 cm³/mol. The Hall–Kier alpha value is -3.83. The van der Waals surface area contributed by atoms with Gasteiger partial charge in [-0.05, 0) is 56.2 Å².